The maximum atomic E-state index is 14.1. The van der Waals surface area contributed by atoms with E-state index in [-0.39, 0.29) is 41.4 Å². The second-order valence-corrected chi connectivity index (χ2v) is 10.8. The number of alkyl halides is 3. The summed E-state index contributed by atoms with van der Waals surface area (Å²) in [6, 6.07) is 6.54. The van der Waals surface area contributed by atoms with Crippen LogP contribution in [0.3, 0.4) is 0 Å². The largest absolute Gasteiger partial charge is 0.416 e. The van der Waals surface area contributed by atoms with Gasteiger partial charge in [0.05, 0.1) is 32.9 Å². The molecule has 14 heteroatoms. The molecule has 4 heterocycles. The molecule has 1 saturated heterocycles. The smallest absolute Gasteiger partial charge is 0.387 e. The van der Waals surface area contributed by atoms with E-state index in [1.807, 2.05) is 5.38 Å². The number of rotatable bonds is 5. The quantitative estimate of drug-likeness (QED) is 0.317. The second kappa shape index (κ2) is 10.4. The van der Waals surface area contributed by atoms with Gasteiger partial charge in [-0.15, -0.1) is 11.3 Å². The number of halogens is 5. The van der Waals surface area contributed by atoms with Gasteiger partial charge in [-0.05, 0) is 43.2 Å². The van der Waals surface area contributed by atoms with E-state index in [2.05, 4.69) is 15.1 Å². The van der Waals surface area contributed by atoms with Crippen molar-refractivity contribution in [1.82, 2.24) is 19.4 Å². The number of hydrogen-bond acceptors (Lipinski definition) is 6. The Kier molecular flexibility index (Phi) is 6.88. The zero-order valence-corrected chi connectivity index (χ0v) is 22.1. The molecule has 1 N–H and O–H groups in total. The van der Waals surface area contributed by atoms with E-state index < -0.39 is 35.2 Å². The SMILES string of the molecule is O=C(Cn1c(=O)[nH]c2ccc(C(F)(F)F)cc21)N1CCC(c2nc(C3=NOC(c4c(F)cccc4F)C3)cs2)CC1. The maximum Gasteiger partial charge on any atom is 0.416 e. The van der Waals surface area contributed by atoms with E-state index in [9.17, 15) is 31.5 Å². The summed E-state index contributed by atoms with van der Waals surface area (Å²) in [5, 5.41) is 6.65. The number of fused-ring (bicyclic) bond motifs is 1. The molecule has 2 aromatic heterocycles. The van der Waals surface area contributed by atoms with Crippen molar-refractivity contribution in [2.45, 2.75) is 44.0 Å². The van der Waals surface area contributed by atoms with Crippen LogP contribution in [0.25, 0.3) is 11.0 Å². The van der Waals surface area contributed by atoms with Crippen LogP contribution < -0.4 is 5.69 Å². The molecule has 6 rings (SSSR count). The predicted molar refractivity (Wildman–Crippen MR) is 140 cm³/mol. The minimum absolute atomic E-state index is 0.0159. The molecule has 1 atom stereocenters. The Bertz CT molecular complexity index is 1700. The summed E-state index contributed by atoms with van der Waals surface area (Å²) < 4.78 is 68.8. The molecule has 0 radical (unpaired) electrons. The van der Waals surface area contributed by atoms with Crippen LogP contribution in [-0.4, -0.2) is 44.1 Å². The summed E-state index contributed by atoms with van der Waals surface area (Å²) in [7, 11) is 0. The Morgan fingerprint density at radius 1 is 1.12 bits per heavy atom. The van der Waals surface area contributed by atoms with Crippen LogP contribution in [-0.2, 0) is 22.4 Å². The van der Waals surface area contributed by atoms with Crippen LogP contribution in [0.2, 0.25) is 0 Å². The number of aromatic amines is 1. The Balaban J connectivity index is 1.08. The Morgan fingerprint density at radius 2 is 1.85 bits per heavy atom. The van der Waals surface area contributed by atoms with Gasteiger partial charge in [0.2, 0.25) is 5.91 Å². The summed E-state index contributed by atoms with van der Waals surface area (Å²) in [6.07, 6.45) is -4.08. The first-order valence-corrected chi connectivity index (χ1v) is 13.7. The van der Waals surface area contributed by atoms with Gasteiger partial charge in [-0.25, -0.2) is 18.6 Å². The van der Waals surface area contributed by atoms with Crippen LogP contribution >= 0.6 is 11.3 Å². The number of hydrogen-bond donors (Lipinski definition) is 1. The van der Waals surface area contributed by atoms with E-state index in [0.29, 0.717) is 37.3 Å². The fraction of sp³-hybridized carbons (Fsp3) is 0.333. The highest BCUT2D eigenvalue weighted by Crippen LogP contribution is 2.35. The molecule has 2 aromatic carbocycles. The van der Waals surface area contributed by atoms with Crippen molar-refractivity contribution in [3.05, 3.63) is 85.7 Å². The normalized spacial score (nSPS) is 18.1. The summed E-state index contributed by atoms with van der Waals surface area (Å²) in [5.41, 5.74) is -0.436. The minimum atomic E-state index is -4.58. The number of aromatic nitrogens is 3. The van der Waals surface area contributed by atoms with Gasteiger partial charge in [0.1, 0.15) is 23.9 Å². The molecule has 0 spiro atoms. The molecule has 2 aliphatic rings. The number of carbonyl (C=O) groups excluding carboxylic acids is 1. The van der Waals surface area contributed by atoms with Crippen molar-refractivity contribution in [2.75, 3.05) is 13.1 Å². The van der Waals surface area contributed by atoms with E-state index in [1.165, 1.54) is 35.6 Å². The Morgan fingerprint density at radius 3 is 2.56 bits per heavy atom. The summed E-state index contributed by atoms with van der Waals surface area (Å²) >= 11 is 1.43. The van der Waals surface area contributed by atoms with Crippen molar-refractivity contribution < 1.29 is 31.6 Å². The first-order valence-electron chi connectivity index (χ1n) is 12.8. The number of benzene rings is 2. The molecule has 8 nitrogen and oxygen atoms in total. The first kappa shape index (κ1) is 27.1. The predicted octanol–water partition coefficient (Wildman–Crippen LogP) is 5.36. The maximum absolute atomic E-state index is 14.1. The van der Waals surface area contributed by atoms with Crippen LogP contribution in [0.15, 0.2) is 51.7 Å². The number of H-pyrrole nitrogens is 1. The van der Waals surface area contributed by atoms with Crippen LogP contribution in [0.5, 0.6) is 0 Å². The lowest BCUT2D eigenvalue weighted by molar-refractivity contribution is -0.137. The lowest BCUT2D eigenvalue weighted by Crippen LogP contribution is -2.40. The third kappa shape index (κ3) is 5.23. The highest BCUT2D eigenvalue weighted by molar-refractivity contribution is 7.10. The minimum Gasteiger partial charge on any atom is -0.387 e. The van der Waals surface area contributed by atoms with Crippen LogP contribution in [0.1, 0.15) is 53.1 Å². The number of amides is 1. The first-order chi connectivity index (χ1) is 19.6. The number of thiazole rings is 1. The highest BCUT2D eigenvalue weighted by Gasteiger charge is 2.33. The summed E-state index contributed by atoms with van der Waals surface area (Å²) in [4.78, 5) is 39.4. The molecule has 4 aromatic rings. The molecule has 0 bridgehead atoms. The Labute approximate surface area is 233 Å². The fourth-order valence-electron chi connectivity index (χ4n) is 5.21. The third-order valence-corrected chi connectivity index (χ3v) is 8.41. The molecule has 41 heavy (non-hydrogen) atoms. The molecule has 1 unspecified atom stereocenters. The molecule has 214 valence electrons. The molecule has 0 saturated carbocycles. The second-order valence-electron chi connectivity index (χ2n) is 9.94. The van der Waals surface area contributed by atoms with Gasteiger partial charge >= 0.3 is 11.9 Å². The molecule has 0 aliphatic carbocycles. The van der Waals surface area contributed by atoms with E-state index >= 15 is 0 Å². The van der Waals surface area contributed by atoms with Crippen molar-refractivity contribution in [1.29, 1.82) is 0 Å². The fourth-order valence-corrected chi connectivity index (χ4v) is 6.21. The third-order valence-electron chi connectivity index (χ3n) is 7.40. The standard InChI is InChI=1S/C27H22F5N5O3S/c28-16-2-1-3-17(29)24(16)22-11-19(35-40-22)20-13-41-25(33-20)14-6-8-36(9-7-14)23(38)12-37-21-10-15(27(30,31)32)4-5-18(21)34-26(37)39/h1-5,10,13-14,22H,6-9,11-12H2,(H,34,39). The van der Waals surface area contributed by atoms with Gasteiger partial charge in [-0.2, -0.15) is 13.2 Å². The van der Waals surface area contributed by atoms with Gasteiger partial charge < -0.3 is 14.7 Å². The zero-order valence-electron chi connectivity index (χ0n) is 21.3. The van der Waals surface area contributed by atoms with Gasteiger partial charge in [0, 0.05) is 30.8 Å². The van der Waals surface area contributed by atoms with Crippen molar-refractivity contribution in [3.63, 3.8) is 0 Å². The molecular formula is C27H22F5N5O3S. The van der Waals surface area contributed by atoms with Crippen LogP contribution in [0, 0.1) is 11.6 Å². The molecule has 2 aliphatic heterocycles. The monoisotopic (exact) mass is 591 g/mol. The lowest BCUT2D eigenvalue weighted by Gasteiger charge is -2.31. The average Bonchev–Trinajstić information content (AvgIpc) is 3.67. The van der Waals surface area contributed by atoms with E-state index in [4.69, 9.17) is 4.84 Å². The summed E-state index contributed by atoms with van der Waals surface area (Å²) in [6.45, 7) is 0.403. The number of oxime groups is 1. The van der Waals surface area contributed by atoms with E-state index in [1.54, 1.807) is 4.90 Å². The average molecular weight is 592 g/mol. The number of piperidine rings is 1. The number of carbonyl (C=O) groups is 1. The zero-order chi connectivity index (χ0) is 28.9. The summed E-state index contributed by atoms with van der Waals surface area (Å²) in [5.74, 6) is -1.71. The Hall–Kier alpha value is -4.07. The number of nitrogens with one attached hydrogen (secondary N) is 1. The van der Waals surface area contributed by atoms with Crippen molar-refractivity contribution in [3.8, 4) is 0 Å². The number of likely N-dealkylation sites (tertiary alicyclic amines) is 1. The number of imidazole rings is 1. The molecule has 1 fully saturated rings. The van der Waals surface area contributed by atoms with Crippen molar-refractivity contribution in [2.24, 2.45) is 5.16 Å². The van der Waals surface area contributed by atoms with Gasteiger partial charge in [-0.1, -0.05) is 11.2 Å². The van der Waals surface area contributed by atoms with E-state index in [0.717, 1.165) is 21.7 Å². The van der Waals surface area contributed by atoms with Crippen LogP contribution in [0.4, 0.5) is 22.0 Å². The van der Waals surface area contributed by atoms with Gasteiger partial charge in [0.15, 0.2) is 6.10 Å². The molecular weight excluding hydrogens is 569 g/mol. The highest BCUT2D eigenvalue weighted by atomic mass is 32.1. The lowest BCUT2D eigenvalue weighted by atomic mass is 9.97. The topological polar surface area (TPSA) is 92.6 Å². The van der Waals surface area contributed by atoms with Crippen molar-refractivity contribution >= 4 is 34.0 Å². The molecule has 1 amide bonds. The van der Waals surface area contributed by atoms with Gasteiger partial charge in [0.25, 0.3) is 0 Å². The number of nitrogens with zero attached hydrogens (tertiary/aromatic N) is 4. The van der Waals surface area contributed by atoms with Gasteiger partial charge in [-0.3, -0.25) is 9.36 Å².